The van der Waals surface area contributed by atoms with Crippen LogP contribution in [0.15, 0.2) is 33.5 Å². The van der Waals surface area contributed by atoms with Gasteiger partial charge in [-0.05, 0) is 12.1 Å². The third kappa shape index (κ3) is 2.91. The van der Waals surface area contributed by atoms with E-state index in [-0.39, 0.29) is 11.1 Å². The Labute approximate surface area is 116 Å². The van der Waals surface area contributed by atoms with Crippen LogP contribution >= 0.6 is 0 Å². The van der Waals surface area contributed by atoms with Crippen LogP contribution in [0.25, 0.3) is 11.1 Å². The van der Waals surface area contributed by atoms with Crippen LogP contribution in [0.3, 0.4) is 0 Å². The summed E-state index contributed by atoms with van der Waals surface area (Å²) in [6.45, 7) is 0. The van der Waals surface area contributed by atoms with Gasteiger partial charge in [-0.25, -0.2) is 14.4 Å². The maximum absolute atomic E-state index is 12.0. The van der Waals surface area contributed by atoms with E-state index >= 15 is 0 Å². The molecule has 0 aliphatic heterocycles. The Bertz CT molecular complexity index is 773. The predicted molar refractivity (Wildman–Crippen MR) is 68.1 cm³/mol. The maximum Gasteiger partial charge on any atom is 0.428 e. The first-order valence-electron chi connectivity index (χ1n) is 5.76. The number of carbonyl (C=O) groups excluding carboxylic acids is 1. The second kappa shape index (κ2) is 5.49. The minimum absolute atomic E-state index is 0.152. The van der Waals surface area contributed by atoms with Crippen LogP contribution in [-0.2, 0) is 9.59 Å². The Hall–Kier alpha value is -3.10. The highest BCUT2D eigenvalue weighted by Crippen LogP contribution is 2.11. The minimum atomic E-state index is -1.66. The van der Waals surface area contributed by atoms with Gasteiger partial charge in [-0.3, -0.25) is 4.79 Å². The van der Waals surface area contributed by atoms with Crippen LogP contribution in [0.5, 0.6) is 0 Å². The van der Waals surface area contributed by atoms with Crippen molar-refractivity contribution in [1.82, 2.24) is 9.88 Å². The molecule has 0 aliphatic rings. The molecule has 2 aromatic rings. The molecule has 110 valence electrons. The molecular weight excluding hydrogens is 284 g/mol. The van der Waals surface area contributed by atoms with E-state index in [1.54, 1.807) is 12.1 Å². The van der Waals surface area contributed by atoms with Crippen molar-refractivity contribution in [2.75, 3.05) is 0 Å². The van der Waals surface area contributed by atoms with E-state index in [2.05, 4.69) is 0 Å². The number of fused-ring (bicyclic) bond motifs is 1. The fourth-order valence-electron chi connectivity index (χ4n) is 1.75. The van der Waals surface area contributed by atoms with Crippen molar-refractivity contribution in [2.45, 2.75) is 12.5 Å². The first kappa shape index (κ1) is 14.3. The van der Waals surface area contributed by atoms with Crippen molar-refractivity contribution < 1.29 is 29.0 Å². The van der Waals surface area contributed by atoms with Gasteiger partial charge in [0.15, 0.2) is 5.58 Å². The molecule has 1 aromatic heterocycles. The summed E-state index contributed by atoms with van der Waals surface area (Å²) >= 11 is 0. The molecule has 1 heterocycles. The largest absolute Gasteiger partial charge is 0.481 e. The second-order valence-electron chi connectivity index (χ2n) is 4.11. The fourth-order valence-corrected chi connectivity index (χ4v) is 1.75. The molecule has 9 heteroatoms. The summed E-state index contributed by atoms with van der Waals surface area (Å²) in [7, 11) is 0. The van der Waals surface area contributed by atoms with Gasteiger partial charge in [0.05, 0.1) is 11.9 Å². The number of oxazole rings is 1. The van der Waals surface area contributed by atoms with Crippen molar-refractivity contribution in [1.29, 1.82) is 0 Å². The molecule has 9 nitrogen and oxygen atoms in total. The summed E-state index contributed by atoms with van der Waals surface area (Å²) in [5.41, 5.74) is 0.308. The van der Waals surface area contributed by atoms with Crippen molar-refractivity contribution in [3.05, 3.63) is 34.8 Å². The first-order valence-corrected chi connectivity index (χ1v) is 5.76. The average molecular weight is 294 g/mol. The number of benzene rings is 1. The number of hydrogen-bond donors (Lipinski definition) is 3. The molecule has 1 amide bonds. The molecule has 2 rings (SSSR count). The zero-order valence-electron chi connectivity index (χ0n) is 10.5. The maximum atomic E-state index is 12.0. The quantitative estimate of drug-likeness (QED) is 0.725. The van der Waals surface area contributed by atoms with E-state index in [0.29, 0.717) is 4.57 Å². The number of nitrogens with zero attached hydrogens (tertiary/aromatic N) is 1. The molecule has 0 spiro atoms. The molecule has 0 fully saturated rings. The smallest absolute Gasteiger partial charge is 0.428 e. The zero-order valence-corrected chi connectivity index (χ0v) is 10.5. The molecule has 21 heavy (non-hydrogen) atoms. The van der Waals surface area contributed by atoms with E-state index in [9.17, 15) is 19.2 Å². The van der Waals surface area contributed by atoms with Gasteiger partial charge in [0.25, 0.3) is 0 Å². The van der Waals surface area contributed by atoms with Crippen molar-refractivity contribution in [3.8, 4) is 0 Å². The van der Waals surface area contributed by atoms with Gasteiger partial charge >= 0.3 is 23.7 Å². The molecule has 1 aromatic carbocycles. The Morgan fingerprint density at radius 2 is 1.90 bits per heavy atom. The monoisotopic (exact) mass is 294 g/mol. The number of nitrogens with one attached hydrogen (secondary N) is 1. The lowest BCUT2D eigenvalue weighted by Gasteiger charge is -2.11. The van der Waals surface area contributed by atoms with Gasteiger partial charge in [-0.2, -0.15) is 4.57 Å². The highest BCUT2D eigenvalue weighted by Gasteiger charge is 2.25. The van der Waals surface area contributed by atoms with Gasteiger partial charge in [-0.15, -0.1) is 0 Å². The van der Waals surface area contributed by atoms with E-state index < -0.39 is 36.2 Å². The summed E-state index contributed by atoms with van der Waals surface area (Å²) in [6.07, 6.45) is -0.814. The summed E-state index contributed by atoms with van der Waals surface area (Å²) < 4.78 is 5.43. The van der Waals surface area contributed by atoms with Crippen LogP contribution in [0.4, 0.5) is 4.79 Å². The van der Waals surface area contributed by atoms with Gasteiger partial charge in [0.1, 0.15) is 6.04 Å². The fraction of sp³-hybridized carbons (Fsp3) is 0.167. The summed E-state index contributed by atoms with van der Waals surface area (Å²) in [6, 6.07) is 3.33. The summed E-state index contributed by atoms with van der Waals surface area (Å²) in [5.74, 6) is -3.91. The Kier molecular flexibility index (Phi) is 3.74. The Morgan fingerprint density at radius 3 is 2.52 bits per heavy atom. The van der Waals surface area contributed by atoms with Crippen molar-refractivity contribution >= 4 is 29.1 Å². The molecule has 0 saturated heterocycles. The standard InChI is InChI=1S/C12H10N2O7/c15-9(16)5-6(10(17)18)13-11(19)14-7-3-1-2-4-8(7)21-12(14)20/h1-4,6H,5H2,(H,13,19)(H,15,16)(H,17,18). The number of carbonyl (C=O) groups is 3. The van der Waals surface area contributed by atoms with Crippen molar-refractivity contribution in [2.24, 2.45) is 0 Å². The zero-order chi connectivity index (χ0) is 15.6. The number of carboxylic acid groups (broad SMARTS) is 2. The van der Waals surface area contributed by atoms with Crippen molar-refractivity contribution in [3.63, 3.8) is 0 Å². The molecule has 0 bridgehead atoms. The number of aliphatic carboxylic acids is 2. The molecule has 0 aliphatic carbocycles. The van der Waals surface area contributed by atoms with Gasteiger partial charge in [-0.1, -0.05) is 12.1 Å². The first-order chi connectivity index (χ1) is 9.90. The summed E-state index contributed by atoms with van der Waals surface area (Å²) in [4.78, 5) is 45.1. The highest BCUT2D eigenvalue weighted by molar-refractivity contribution is 5.91. The third-order valence-electron chi connectivity index (χ3n) is 2.66. The number of aromatic nitrogens is 1. The van der Waals surface area contributed by atoms with E-state index in [4.69, 9.17) is 14.6 Å². The Morgan fingerprint density at radius 1 is 1.24 bits per heavy atom. The van der Waals surface area contributed by atoms with E-state index in [1.165, 1.54) is 12.1 Å². The lowest BCUT2D eigenvalue weighted by Crippen LogP contribution is -2.45. The molecular formula is C12H10N2O7. The molecule has 1 unspecified atom stereocenters. The predicted octanol–water partition coefficient (Wildman–Crippen LogP) is 0.0801. The summed E-state index contributed by atoms with van der Waals surface area (Å²) in [5, 5.41) is 19.4. The molecule has 0 radical (unpaired) electrons. The number of rotatable bonds is 4. The lowest BCUT2D eigenvalue weighted by atomic mass is 10.2. The van der Waals surface area contributed by atoms with Crippen LogP contribution in [0.2, 0.25) is 0 Å². The number of hydrogen-bond acceptors (Lipinski definition) is 5. The number of amides is 1. The van der Waals surface area contributed by atoms with Gasteiger partial charge in [0, 0.05) is 0 Å². The van der Waals surface area contributed by atoms with Gasteiger partial charge < -0.3 is 19.9 Å². The highest BCUT2D eigenvalue weighted by atomic mass is 16.4. The SMILES string of the molecule is O=C(O)CC(NC(=O)n1c(=O)oc2ccccc21)C(=O)O. The lowest BCUT2D eigenvalue weighted by molar-refractivity contribution is -0.145. The van der Waals surface area contributed by atoms with Gasteiger partial charge in [0.2, 0.25) is 0 Å². The van der Waals surface area contributed by atoms with Crippen LogP contribution in [-0.4, -0.2) is 38.8 Å². The molecule has 0 saturated carbocycles. The van der Waals surface area contributed by atoms with Crippen LogP contribution in [0.1, 0.15) is 6.42 Å². The molecule has 1 atom stereocenters. The normalized spacial score (nSPS) is 12.0. The van der Waals surface area contributed by atoms with E-state index in [1.807, 2.05) is 5.32 Å². The molecule has 3 N–H and O–H groups in total. The Balaban J connectivity index is 2.34. The average Bonchev–Trinajstić information content (AvgIpc) is 2.73. The van der Waals surface area contributed by atoms with Crippen LogP contribution in [0, 0.1) is 0 Å². The number of carboxylic acids is 2. The van der Waals surface area contributed by atoms with Crippen LogP contribution < -0.4 is 11.1 Å². The minimum Gasteiger partial charge on any atom is -0.481 e. The van der Waals surface area contributed by atoms with E-state index in [0.717, 1.165) is 0 Å². The third-order valence-corrected chi connectivity index (χ3v) is 2.66. The second-order valence-corrected chi connectivity index (χ2v) is 4.11. The number of para-hydroxylation sites is 2. The topological polar surface area (TPSA) is 139 Å².